The molecule has 1 aromatic heterocycles. The highest BCUT2D eigenvalue weighted by molar-refractivity contribution is 6.16. The SMILES string of the molecule is Cc1ccc2c(c1)c1c3n2CC(=C2C(=O)OC(C)(C)OC2=O)NC3CCC1.[Cl-]. The molecule has 1 aliphatic carbocycles. The molecule has 5 rings (SSSR count). The summed E-state index contributed by atoms with van der Waals surface area (Å²) >= 11 is 0. The molecule has 6 nitrogen and oxygen atoms in total. The van der Waals surface area contributed by atoms with E-state index in [-0.39, 0.29) is 24.0 Å². The number of hydrogen-bond acceptors (Lipinski definition) is 5. The maximum Gasteiger partial charge on any atom is 0.350 e. The number of aryl methyl sites for hydroxylation is 2. The molecule has 28 heavy (non-hydrogen) atoms. The van der Waals surface area contributed by atoms with Crippen LogP contribution >= 0.6 is 0 Å². The van der Waals surface area contributed by atoms with E-state index in [4.69, 9.17) is 9.47 Å². The zero-order valence-corrected chi connectivity index (χ0v) is 16.9. The Hall–Kier alpha value is -2.47. The van der Waals surface area contributed by atoms with E-state index >= 15 is 0 Å². The number of carbonyl (C=O) groups is 2. The number of allylic oxidation sites excluding steroid dienone is 1. The van der Waals surface area contributed by atoms with Crippen LogP contribution in [0.2, 0.25) is 0 Å². The van der Waals surface area contributed by atoms with Gasteiger partial charge in [-0.05, 0) is 43.9 Å². The summed E-state index contributed by atoms with van der Waals surface area (Å²) in [6.07, 6.45) is 3.10. The molecular weight excluding hydrogens is 380 g/mol. The summed E-state index contributed by atoms with van der Waals surface area (Å²) in [5.41, 5.74) is 5.62. The Labute approximate surface area is 169 Å². The first-order valence-electron chi connectivity index (χ1n) is 9.42. The van der Waals surface area contributed by atoms with Gasteiger partial charge in [-0.3, -0.25) is 0 Å². The maximum atomic E-state index is 12.5. The zero-order valence-electron chi connectivity index (χ0n) is 16.1. The predicted octanol–water partition coefficient (Wildman–Crippen LogP) is 0.0245. The second-order valence-corrected chi connectivity index (χ2v) is 8.09. The van der Waals surface area contributed by atoms with Crippen LogP contribution in [0, 0.1) is 6.92 Å². The van der Waals surface area contributed by atoms with E-state index in [9.17, 15) is 9.59 Å². The highest BCUT2D eigenvalue weighted by Crippen LogP contribution is 2.41. The number of hydrogen-bond donors (Lipinski definition) is 1. The molecule has 0 spiro atoms. The van der Waals surface area contributed by atoms with Gasteiger partial charge in [-0.2, -0.15) is 0 Å². The van der Waals surface area contributed by atoms with Gasteiger partial charge in [0, 0.05) is 30.4 Å². The number of aromatic nitrogens is 1. The number of ether oxygens (including phenoxy) is 2. The van der Waals surface area contributed by atoms with E-state index in [0.717, 1.165) is 24.8 Å². The number of fused-ring (bicyclic) bond motifs is 3. The van der Waals surface area contributed by atoms with E-state index in [1.54, 1.807) is 13.8 Å². The maximum absolute atomic E-state index is 12.5. The molecule has 1 aromatic carbocycles. The molecule has 2 aliphatic heterocycles. The van der Waals surface area contributed by atoms with E-state index in [0.29, 0.717) is 12.2 Å². The third-order valence-corrected chi connectivity index (χ3v) is 5.67. The third-order valence-electron chi connectivity index (χ3n) is 5.67. The predicted molar refractivity (Wildman–Crippen MR) is 98.8 cm³/mol. The minimum absolute atomic E-state index is 0. The van der Waals surface area contributed by atoms with Crippen LogP contribution in [0.4, 0.5) is 0 Å². The second-order valence-electron chi connectivity index (χ2n) is 8.09. The lowest BCUT2D eigenvalue weighted by molar-refractivity contribution is -0.222. The van der Waals surface area contributed by atoms with Crippen molar-refractivity contribution in [3.8, 4) is 0 Å². The molecule has 1 atom stereocenters. The van der Waals surface area contributed by atoms with Gasteiger partial charge in [0.05, 0.1) is 18.3 Å². The van der Waals surface area contributed by atoms with Gasteiger partial charge in [0.15, 0.2) is 5.57 Å². The van der Waals surface area contributed by atoms with Crippen molar-refractivity contribution in [2.75, 3.05) is 0 Å². The number of nitrogens with one attached hydrogen (secondary N) is 1. The van der Waals surface area contributed by atoms with Crippen LogP contribution in [-0.2, 0) is 32.0 Å². The molecule has 148 valence electrons. The highest BCUT2D eigenvalue weighted by Gasteiger charge is 2.43. The zero-order chi connectivity index (χ0) is 18.9. The Balaban J connectivity index is 0.00000192. The molecule has 0 saturated carbocycles. The summed E-state index contributed by atoms with van der Waals surface area (Å²) in [6.45, 7) is 5.66. The number of cyclic esters (lactones) is 2. The molecule has 3 heterocycles. The van der Waals surface area contributed by atoms with Gasteiger partial charge < -0.3 is 31.8 Å². The van der Waals surface area contributed by atoms with Crippen LogP contribution in [0.15, 0.2) is 29.5 Å². The van der Waals surface area contributed by atoms with Crippen molar-refractivity contribution in [1.82, 2.24) is 9.88 Å². The van der Waals surface area contributed by atoms with E-state index < -0.39 is 17.7 Å². The Morgan fingerprint density at radius 2 is 1.89 bits per heavy atom. The average molecular weight is 402 g/mol. The lowest BCUT2D eigenvalue weighted by Gasteiger charge is -2.36. The first kappa shape index (κ1) is 18.9. The molecule has 2 aromatic rings. The summed E-state index contributed by atoms with van der Waals surface area (Å²) in [5, 5.41) is 4.72. The molecule has 1 fully saturated rings. The van der Waals surface area contributed by atoms with Crippen LogP contribution in [-0.4, -0.2) is 22.3 Å². The summed E-state index contributed by atoms with van der Waals surface area (Å²) in [7, 11) is 0. The lowest BCUT2D eigenvalue weighted by atomic mass is 9.90. The molecule has 1 N–H and O–H groups in total. The lowest BCUT2D eigenvalue weighted by Crippen LogP contribution is -3.00. The van der Waals surface area contributed by atoms with Crippen molar-refractivity contribution in [2.24, 2.45) is 0 Å². The number of esters is 2. The first-order valence-corrected chi connectivity index (χ1v) is 9.42. The summed E-state index contributed by atoms with van der Waals surface area (Å²) in [5.74, 6) is -2.47. The van der Waals surface area contributed by atoms with Gasteiger partial charge in [0.1, 0.15) is 0 Å². The standard InChI is InChI=1S/C21H22N2O4.ClH/c1-11-7-8-16-13(9-11)12-5-4-6-14-18(12)23(16)10-15(22-14)17-19(24)26-21(2,3)27-20(17)25;/h7-9,14,22H,4-6,10H2,1-3H3;1H/p-1. The smallest absolute Gasteiger partial charge is 0.350 e. The number of carbonyl (C=O) groups excluding carboxylic acids is 2. The Bertz CT molecular complexity index is 1030. The minimum Gasteiger partial charge on any atom is -1.00 e. The van der Waals surface area contributed by atoms with Crippen LogP contribution in [0.3, 0.4) is 0 Å². The van der Waals surface area contributed by atoms with Crippen LogP contribution < -0.4 is 17.7 Å². The Morgan fingerprint density at radius 1 is 1.18 bits per heavy atom. The van der Waals surface area contributed by atoms with Gasteiger partial charge in [0.2, 0.25) is 0 Å². The third kappa shape index (κ3) is 2.70. The number of halogens is 1. The summed E-state index contributed by atoms with van der Waals surface area (Å²) < 4.78 is 12.8. The van der Waals surface area contributed by atoms with Gasteiger partial charge in [-0.15, -0.1) is 0 Å². The molecule has 7 heteroatoms. The fourth-order valence-electron chi connectivity index (χ4n) is 4.61. The van der Waals surface area contributed by atoms with Crippen LogP contribution in [0.5, 0.6) is 0 Å². The van der Waals surface area contributed by atoms with Crippen molar-refractivity contribution in [1.29, 1.82) is 0 Å². The summed E-state index contributed by atoms with van der Waals surface area (Å²) in [6, 6.07) is 6.56. The van der Waals surface area contributed by atoms with Crippen molar-refractivity contribution in [3.63, 3.8) is 0 Å². The number of rotatable bonds is 0. The van der Waals surface area contributed by atoms with E-state index in [2.05, 4.69) is 35.0 Å². The second kappa shape index (κ2) is 6.27. The van der Waals surface area contributed by atoms with Crippen LogP contribution in [0.1, 0.15) is 49.6 Å². The molecule has 3 aliphatic rings. The van der Waals surface area contributed by atoms with Crippen molar-refractivity contribution in [3.05, 3.63) is 46.3 Å². The Morgan fingerprint density at radius 3 is 2.61 bits per heavy atom. The van der Waals surface area contributed by atoms with Crippen molar-refractivity contribution < 1.29 is 31.5 Å². The largest absolute Gasteiger partial charge is 1.00 e. The molecule has 1 saturated heterocycles. The molecule has 0 radical (unpaired) electrons. The quantitative estimate of drug-likeness (QED) is 0.383. The van der Waals surface area contributed by atoms with Crippen molar-refractivity contribution >= 4 is 22.8 Å². The molecule has 0 amide bonds. The summed E-state index contributed by atoms with van der Waals surface area (Å²) in [4.78, 5) is 25.0. The van der Waals surface area contributed by atoms with Gasteiger partial charge in [-0.1, -0.05) is 11.6 Å². The highest BCUT2D eigenvalue weighted by atomic mass is 35.5. The van der Waals surface area contributed by atoms with Crippen LogP contribution in [0.25, 0.3) is 10.9 Å². The monoisotopic (exact) mass is 401 g/mol. The van der Waals surface area contributed by atoms with Gasteiger partial charge >= 0.3 is 11.9 Å². The topological polar surface area (TPSA) is 69.6 Å². The molecule has 0 bridgehead atoms. The van der Waals surface area contributed by atoms with Gasteiger partial charge in [-0.25, -0.2) is 9.59 Å². The van der Waals surface area contributed by atoms with Crippen molar-refractivity contribution in [2.45, 2.75) is 58.4 Å². The first-order chi connectivity index (χ1) is 12.8. The Kier molecular flexibility index (Phi) is 4.23. The van der Waals surface area contributed by atoms with E-state index in [1.807, 2.05) is 0 Å². The number of benzene rings is 1. The minimum atomic E-state index is -1.23. The molecular formula is C21H22ClN2O4-. The molecule has 1 unspecified atom stereocenters. The number of nitrogens with zero attached hydrogens (tertiary/aromatic N) is 1. The fourth-order valence-corrected chi connectivity index (χ4v) is 4.61. The normalized spacial score (nSPS) is 22.8. The fraction of sp³-hybridized carbons (Fsp3) is 0.429. The van der Waals surface area contributed by atoms with Gasteiger partial charge in [0.25, 0.3) is 5.79 Å². The average Bonchev–Trinajstić information content (AvgIpc) is 2.88. The van der Waals surface area contributed by atoms with E-state index in [1.165, 1.54) is 22.2 Å².